The molecule has 4 aromatic rings. The average Bonchev–Trinajstić information content (AvgIpc) is 3.34. The second-order valence-electron chi connectivity index (χ2n) is 10.0. The topological polar surface area (TPSA) is 126 Å². The number of hydrogen-bond donors (Lipinski definition) is 2. The van der Waals surface area contributed by atoms with Gasteiger partial charge in [-0.15, -0.1) is 0 Å². The minimum absolute atomic E-state index is 0.0181. The normalized spacial score (nSPS) is 13.8. The number of pyridine rings is 1. The molecule has 5 rings (SSSR count). The van der Waals surface area contributed by atoms with E-state index in [4.69, 9.17) is 16.6 Å². The van der Waals surface area contributed by atoms with Crippen molar-refractivity contribution < 1.29 is 17.6 Å². The van der Waals surface area contributed by atoms with Gasteiger partial charge in [-0.3, -0.25) is 14.2 Å². The van der Waals surface area contributed by atoms with Gasteiger partial charge in [0.2, 0.25) is 16.0 Å². The number of halogens is 2. The molecule has 13 heteroatoms. The number of aryl methyl sites for hydroxylation is 1. The van der Waals surface area contributed by atoms with Gasteiger partial charge >= 0.3 is 0 Å². The highest BCUT2D eigenvalue weighted by Crippen LogP contribution is 2.31. The Labute approximate surface area is 241 Å². The van der Waals surface area contributed by atoms with Gasteiger partial charge in [0, 0.05) is 25.7 Å². The number of carbonyl (C=O) groups is 1. The lowest BCUT2D eigenvalue weighted by molar-refractivity contribution is 0.0977. The highest BCUT2D eigenvalue weighted by Gasteiger charge is 2.26. The summed E-state index contributed by atoms with van der Waals surface area (Å²) in [6.45, 7) is 6.00. The maximum atomic E-state index is 13.8. The van der Waals surface area contributed by atoms with E-state index < -0.39 is 22.0 Å². The number of rotatable bonds is 7. The first kappa shape index (κ1) is 28.5. The molecule has 0 saturated carbocycles. The summed E-state index contributed by atoms with van der Waals surface area (Å²) in [7, 11) is -2.18. The number of sulfonamides is 1. The Morgan fingerprint density at radius 3 is 2.59 bits per heavy atom. The first-order chi connectivity index (χ1) is 19.4. The van der Waals surface area contributed by atoms with Crippen molar-refractivity contribution in [3.05, 3.63) is 91.7 Å². The third-order valence-electron chi connectivity index (χ3n) is 7.05. The van der Waals surface area contributed by atoms with Gasteiger partial charge in [0.1, 0.15) is 11.0 Å². The molecule has 1 aliphatic heterocycles. The minimum atomic E-state index is -3.84. The summed E-state index contributed by atoms with van der Waals surface area (Å²) in [6.07, 6.45) is 0. The van der Waals surface area contributed by atoms with Crippen molar-refractivity contribution in [2.24, 2.45) is 7.05 Å². The molecule has 0 fully saturated rings. The van der Waals surface area contributed by atoms with E-state index in [1.54, 1.807) is 19.2 Å². The van der Waals surface area contributed by atoms with Gasteiger partial charge in [-0.1, -0.05) is 23.7 Å². The monoisotopic (exact) mass is 598 g/mol. The highest BCUT2D eigenvalue weighted by atomic mass is 35.5. The number of amides is 1. The fourth-order valence-corrected chi connectivity index (χ4v) is 5.63. The van der Waals surface area contributed by atoms with E-state index in [1.807, 2.05) is 29.5 Å². The van der Waals surface area contributed by atoms with Gasteiger partial charge in [0.15, 0.2) is 5.69 Å². The Balaban J connectivity index is 1.55. The molecule has 3 heterocycles. The molecular weight excluding hydrogens is 571 g/mol. The molecule has 1 atom stereocenters. The molecule has 0 unspecified atom stereocenters. The molecular formula is C28H28ClFN6O4S. The molecule has 0 bridgehead atoms. The van der Waals surface area contributed by atoms with E-state index in [-0.39, 0.29) is 33.7 Å². The molecule has 214 valence electrons. The number of fused-ring (bicyclic) bond motifs is 2. The summed E-state index contributed by atoms with van der Waals surface area (Å²) in [6, 6.07) is 10.9. The van der Waals surface area contributed by atoms with Gasteiger partial charge in [0.05, 0.1) is 28.4 Å². The van der Waals surface area contributed by atoms with Crippen LogP contribution in [-0.2, 0) is 30.2 Å². The molecule has 1 aliphatic rings. The Morgan fingerprint density at radius 2 is 1.85 bits per heavy atom. The third-order valence-corrected chi connectivity index (χ3v) is 8.51. The predicted octanol–water partition coefficient (Wildman–Crippen LogP) is 4.20. The molecule has 0 aliphatic carbocycles. The van der Waals surface area contributed by atoms with E-state index in [0.717, 1.165) is 16.7 Å². The lowest BCUT2D eigenvalue weighted by atomic mass is 10.0. The van der Waals surface area contributed by atoms with Crippen LogP contribution < -0.4 is 20.5 Å². The smallest absolute Gasteiger partial charge is 0.285 e. The second-order valence-corrected chi connectivity index (χ2v) is 12.4. The fourth-order valence-electron chi connectivity index (χ4n) is 4.96. The molecule has 41 heavy (non-hydrogen) atoms. The van der Waals surface area contributed by atoms with Crippen LogP contribution in [0.5, 0.6) is 0 Å². The van der Waals surface area contributed by atoms with Gasteiger partial charge < -0.3 is 10.2 Å². The second kappa shape index (κ2) is 10.7. The van der Waals surface area contributed by atoms with Crippen LogP contribution >= 0.6 is 11.6 Å². The number of nitrogens with zero attached hydrogens (tertiary/aromatic N) is 4. The van der Waals surface area contributed by atoms with Gasteiger partial charge in [0.25, 0.3) is 11.5 Å². The van der Waals surface area contributed by atoms with E-state index in [9.17, 15) is 22.4 Å². The van der Waals surface area contributed by atoms with E-state index in [2.05, 4.69) is 10.3 Å². The van der Waals surface area contributed by atoms with Crippen LogP contribution in [0.15, 0.2) is 47.3 Å². The summed E-state index contributed by atoms with van der Waals surface area (Å²) < 4.78 is 41.4. The van der Waals surface area contributed by atoms with Crippen molar-refractivity contribution in [2.75, 3.05) is 16.0 Å². The fraction of sp³-hybridized carbons (Fsp3) is 0.286. The van der Waals surface area contributed by atoms with Crippen molar-refractivity contribution >= 4 is 50.1 Å². The molecule has 2 aromatic heterocycles. The molecule has 10 nitrogen and oxygen atoms in total. The molecule has 0 saturated heterocycles. The Morgan fingerprint density at radius 1 is 1.12 bits per heavy atom. The van der Waals surface area contributed by atoms with Crippen molar-refractivity contribution in [1.82, 2.24) is 19.3 Å². The van der Waals surface area contributed by atoms with Crippen LogP contribution in [0.2, 0.25) is 5.15 Å². The molecule has 2 N–H and O–H groups in total. The van der Waals surface area contributed by atoms with E-state index >= 15 is 0 Å². The van der Waals surface area contributed by atoms with E-state index in [0.29, 0.717) is 35.5 Å². The lowest BCUT2D eigenvalue weighted by Gasteiger charge is -2.23. The maximum absolute atomic E-state index is 13.8. The predicted molar refractivity (Wildman–Crippen MR) is 156 cm³/mol. The summed E-state index contributed by atoms with van der Waals surface area (Å²) in [5, 5.41) is 3.66. The molecule has 1 amide bonds. The zero-order valence-corrected chi connectivity index (χ0v) is 24.4. The molecule has 0 spiro atoms. The van der Waals surface area contributed by atoms with Crippen LogP contribution in [0.25, 0.3) is 10.9 Å². The summed E-state index contributed by atoms with van der Waals surface area (Å²) in [5.74, 6) is -1.08. The van der Waals surface area contributed by atoms with Crippen LogP contribution in [0.3, 0.4) is 0 Å². The number of nitrogens with one attached hydrogen (secondary N) is 2. The largest absolute Gasteiger partial charge is 0.377 e. The van der Waals surface area contributed by atoms with Gasteiger partial charge in [-0.25, -0.2) is 27.5 Å². The standard InChI is InChI=1S/C28H28ClFN6O4S/c1-5-41(39,40)34-26(37)25-22(8-9-23(29)32-25)31-16(3)20-10-15(2)11-21-24(20)33-28(35(4)27(21)38)36-13-17-6-7-19(30)12-18(17)14-36/h6-12,16,31H,5,13-14H2,1-4H3,(H,34,37)/t16-/m1/s1. The first-order valence-electron chi connectivity index (χ1n) is 12.9. The lowest BCUT2D eigenvalue weighted by Crippen LogP contribution is -2.33. The quantitative estimate of drug-likeness (QED) is 0.303. The van der Waals surface area contributed by atoms with Crippen molar-refractivity contribution in [1.29, 1.82) is 0 Å². The summed E-state index contributed by atoms with van der Waals surface area (Å²) in [4.78, 5) is 37.3. The zero-order valence-electron chi connectivity index (χ0n) is 22.8. The first-order valence-corrected chi connectivity index (χ1v) is 14.9. The van der Waals surface area contributed by atoms with Crippen molar-refractivity contribution in [3.8, 4) is 0 Å². The maximum Gasteiger partial charge on any atom is 0.285 e. The third kappa shape index (κ3) is 5.62. The summed E-state index contributed by atoms with van der Waals surface area (Å²) >= 11 is 6.03. The Bertz CT molecular complexity index is 1880. The van der Waals surface area contributed by atoms with Crippen LogP contribution in [-0.4, -0.2) is 34.6 Å². The average molecular weight is 599 g/mol. The Kier molecular flexibility index (Phi) is 7.47. The molecule has 2 aromatic carbocycles. The highest BCUT2D eigenvalue weighted by molar-refractivity contribution is 7.90. The number of benzene rings is 2. The van der Waals surface area contributed by atoms with Gasteiger partial charge in [-0.2, -0.15) is 0 Å². The molecule has 0 radical (unpaired) electrons. The number of anilines is 2. The van der Waals surface area contributed by atoms with E-state index in [1.165, 1.54) is 35.8 Å². The van der Waals surface area contributed by atoms with Crippen LogP contribution in [0, 0.1) is 12.7 Å². The van der Waals surface area contributed by atoms with Crippen molar-refractivity contribution in [2.45, 2.75) is 39.9 Å². The Hall–Kier alpha value is -4.03. The van der Waals surface area contributed by atoms with Crippen LogP contribution in [0.1, 0.15) is 52.6 Å². The van der Waals surface area contributed by atoms with Crippen molar-refractivity contribution in [3.63, 3.8) is 0 Å². The minimum Gasteiger partial charge on any atom is -0.377 e. The summed E-state index contributed by atoms with van der Waals surface area (Å²) in [5.41, 5.74) is 3.61. The van der Waals surface area contributed by atoms with Crippen LogP contribution in [0.4, 0.5) is 16.0 Å². The number of aromatic nitrogens is 3. The SMILES string of the molecule is CCS(=O)(=O)NC(=O)c1nc(Cl)ccc1N[C@H](C)c1cc(C)cc2c(=O)n(C)c(N3Cc4ccc(F)cc4C3)nc12. The van der Waals surface area contributed by atoms with Gasteiger partial charge in [-0.05, 0) is 67.8 Å². The number of carbonyl (C=O) groups excluding carboxylic acids is 1. The zero-order chi connectivity index (χ0) is 29.6. The number of hydrogen-bond acceptors (Lipinski definition) is 8.